The molecule has 2 amide bonds. The van der Waals surface area contributed by atoms with Gasteiger partial charge >= 0.3 is 0 Å². The van der Waals surface area contributed by atoms with Crippen LogP contribution in [-0.2, 0) is 4.79 Å². The van der Waals surface area contributed by atoms with Gasteiger partial charge in [0.05, 0.1) is 5.75 Å². The molecule has 1 atom stereocenters. The highest BCUT2D eigenvalue weighted by atomic mass is 32.2. The van der Waals surface area contributed by atoms with Crippen LogP contribution in [0.4, 0.5) is 10.1 Å². The fraction of sp³-hybridized carbons (Fsp3) is 0.300. The van der Waals surface area contributed by atoms with E-state index in [1.807, 2.05) is 6.92 Å². The zero-order valence-electron chi connectivity index (χ0n) is 14.5. The maximum atomic E-state index is 13.0. The fourth-order valence-electron chi connectivity index (χ4n) is 2.46. The Hall–Kier alpha value is -2.34. The van der Waals surface area contributed by atoms with Crippen LogP contribution >= 0.6 is 11.8 Å². The van der Waals surface area contributed by atoms with Crippen LogP contribution in [-0.4, -0.2) is 23.6 Å². The summed E-state index contributed by atoms with van der Waals surface area (Å²) >= 11 is 1.48. The molecular formula is C20H21FN2O2S. The SMILES string of the molecule is CC(SCC(=O)Nc1cccc(C(=O)NC2CC2)c1)c1ccc(F)cc1. The highest BCUT2D eigenvalue weighted by Crippen LogP contribution is 2.28. The Labute approximate surface area is 156 Å². The van der Waals surface area contributed by atoms with Gasteiger partial charge < -0.3 is 10.6 Å². The van der Waals surface area contributed by atoms with Gasteiger partial charge in [-0.2, -0.15) is 0 Å². The molecule has 4 nitrogen and oxygen atoms in total. The lowest BCUT2D eigenvalue weighted by atomic mass is 10.2. The lowest BCUT2D eigenvalue weighted by molar-refractivity contribution is -0.113. The molecule has 0 aliphatic heterocycles. The zero-order valence-corrected chi connectivity index (χ0v) is 15.3. The third-order valence-electron chi connectivity index (χ3n) is 4.12. The number of rotatable bonds is 7. The van der Waals surface area contributed by atoms with Gasteiger partial charge in [-0.15, -0.1) is 11.8 Å². The Bertz CT molecular complexity index is 791. The molecule has 1 aliphatic rings. The molecule has 1 fully saturated rings. The van der Waals surface area contributed by atoms with Gasteiger partial charge in [-0.3, -0.25) is 9.59 Å². The Balaban J connectivity index is 1.51. The molecule has 0 heterocycles. The first kappa shape index (κ1) is 18.5. The van der Waals surface area contributed by atoms with Crippen LogP contribution < -0.4 is 10.6 Å². The quantitative estimate of drug-likeness (QED) is 0.768. The Kier molecular flexibility index (Phi) is 5.93. The minimum Gasteiger partial charge on any atom is -0.349 e. The number of amides is 2. The molecule has 3 rings (SSSR count). The zero-order chi connectivity index (χ0) is 18.5. The Morgan fingerprint density at radius 1 is 1.19 bits per heavy atom. The van der Waals surface area contributed by atoms with Crippen molar-refractivity contribution in [2.45, 2.75) is 31.1 Å². The molecule has 1 aliphatic carbocycles. The summed E-state index contributed by atoms with van der Waals surface area (Å²) < 4.78 is 13.0. The van der Waals surface area contributed by atoms with Crippen molar-refractivity contribution in [1.29, 1.82) is 0 Å². The molecule has 0 radical (unpaired) electrons. The summed E-state index contributed by atoms with van der Waals surface area (Å²) in [5.41, 5.74) is 2.12. The summed E-state index contributed by atoms with van der Waals surface area (Å²) in [5, 5.41) is 5.83. The van der Waals surface area contributed by atoms with Gasteiger partial charge in [-0.05, 0) is 55.7 Å². The first-order valence-corrected chi connectivity index (χ1v) is 9.64. The predicted octanol–water partition coefficient (Wildman–Crippen LogP) is 4.15. The summed E-state index contributed by atoms with van der Waals surface area (Å²) in [5.74, 6) is -0.238. The van der Waals surface area contributed by atoms with Crippen LogP contribution in [0.3, 0.4) is 0 Å². The largest absolute Gasteiger partial charge is 0.349 e. The molecule has 136 valence electrons. The number of carbonyl (C=O) groups excluding carboxylic acids is 2. The molecule has 6 heteroatoms. The van der Waals surface area contributed by atoms with Gasteiger partial charge in [0.15, 0.2) is 0 Å². The van der Waals surface area contributed by atoms with E-state index in [0.29, 0.717) is 17.3 Å². The molecular weight excluding hydrogens is 351 g/mol. The minimum atomic E-state index is -0.269. The molecule has 0 saturated heterocycles. The summed E-state index contributed by atoms with van der Waals surface area (Å²) in [6.45, 7) is 1.98. The average Bonchev–Trinajstić information content (AvgIpc) is 3.44. The van der Waals surface area contributed by atoms with E-state index in [2.05, 4.69) is 10.6 Å². The molecule has 26 heavy (non-hydrogen) atoms. The van der Waals surface area contributed by atoms with Crippen molar-refractivity contribution in [1.82, 2.24) is 5.32 Å². The number of halogens is 1. The van der Waals surface area contributed by atoms with Crippen molar-refractivity contribution in [3.05, 3.63) is 65.5 Å². The fourth-order valence-corrected chi connectivity index (χ4v) is 3.29. The monoisotopic (exact) mass is 372 g/mol. The smallest absolute Gasteiger partial charge is 0.251 e. The first-order valence-electron chi connectivity index (χ1n) is 8.59. The summed E-state index contributed by atoms with van der Waals surface area (Å²) in [4.78, 5) is 24.3. The van der Waals surface area contributed by atoms with Crippen molar-refractivity contribution >= 4 is 29.3 Å². The standard InChI is InChI=1S/C20H21FN2O2S/c1-13(14-5-7-16(21)8-6-14)26-12-19(24)22-18-4-2-3-15(11-18)20(25)23-17-9-10-17/h2-8,11,13,17H,9-10,12H2,1H3,(H,22,24)(H,23,25). The van der Waals surface area contributed by atoms with Crippen molar-refractivity contribution in [3.63, 3.8) is 0 Å². The molecule has 0 aromatic heterocycles. The van der Waals surface area contributed by atoms with Gasteiger partial charge in [-0.1, -0.05) is 18.2 Å². The number of thioether (sulfide) groups is 1. The summed E-state index contributed by atoms with van der Waals surface area (Å²) in [6, 6.07) is 13.5. The second-order valence-corrected chi connectivity index (χ2v) is 7.71. The number of benzene rings is 2. The van der Waals surface area contributed by atoms with E-state index in [1.165, 1.54) is 23.9 Å². The van der Waals surface area contributed by atoms with E-state index in [1.54, 1.807) is 36.4 Å². The highest BCUT2D eigenvalue weighted by Gasteiger charge is 2.23. The number of carbonyl (C=O) groups is 2. The van der Waals surface area contributed by atoms with E-state index >= 15 is 0 Å². The van der Waals surface area contributed by atoms with E-state index in [9.17, 15) is 14.0 Å². The number of anilines is 1. The molecule has 0 bridgehead atoms. The molecule has 0 spiro atoms. The van der Waals surface area contributed by atoms with Crippen LogP contribution in [0, 0.1) is 5.82 Å². The van der Waals surface area contributed by atoms with Crippen molar-refractivity contribution < 1.29 is 14.0 Å². The number of hydrogen-bond acceptors (Lipinski definition) is 3. The molecule has 2 aromatic rings. The van der Waals surface area contributed by atoms with E-state index in [4.69, 9.17) is 0 Å². The predicted molar refractivity (Wildman–Crippen MR) is 103 cm³/mol. The van der Waals surface area contributed by atoms with Crippen LogP contribution in [0.5, 0.6) is 0 Å². The number of nitrogens with one attached hydrogen (secondary N) is 2. The normalized spacial score (nSPS) is 14.5. The second-order valence-electron chi connectivity index (χ2n) is 6.38. The summed E-state index contributed by atoms with van der Waals surface area (Å²) in [6.07, 6.45) is 2.07. The second kappa shape index (κ2) is 8.36. The Morgan fingerprint density at radius 2 is 1.92 bits per heavy atom. The molecule has 1 unspecified atom stereocenters. The first-order chi connectivity index (χ1) is 12.5. The lowest BCUT2D eigenvalue weighted by Gasteiger charge is -2.12. The third-order valence-corrected chi connectivity index (χ3v) is 5.33. The minimum absolute atomic E-state index is 0.0806. The molecule has 2 N–H and O–H groups in total. The van der Waals surface area contributed by atoms with Crippen LogP contribution in [0.2, 0.25) is 0 Å². The van der Waals surface area contributed by atoms with Gasteiger partial charge in [0.1, 0.15) is 5.82 Å². The van der Waals surface area contributed by atoms with Crippen LogP contribution in [0.25, 0.3) is 0 Å². The van der Waals surface area contributed by atoms with E-state index in [-0.39, 0.29) is 28.6 Å². The van der Waals surface area contributed by atoms with Crippen LogP contribution in [0.1, 0.15) is 40.9 Å². The van der Waals surface area contributed by atoms with Crippen LogP contribution in [0.15, 0.2) is 48.5 Å². The van der Waals surface area contributed by atoms with Crippen molar-refractivity contribution in [3.8, 4) is 0 Å². The number of hydrogen-bond donors (Lipinski definition) is 2. The van der Waals surface area contributed by atoms with Gasteiger partial charge in [0.25, 0.3) is 5.91 Å². The topological polar surface area (TPSA) is 58.2 Å². The molecule has 1 saturated carbocycles. The molecule has 2 aromatic carbocycles. The Morgan fingerprint density at radius 3 is 2.62 bits per heavy atom. The maximum absolute atomic E-state index is 13.0. The van der Waals surface area contributed by atoms with Gasteiger partial charge in [0.2, 0.25) is 5.91 Å². The lowest BCUT2D eigenvalue weighted by Crippen LogP contribution is -2.25. The van der Waals surface area contributed by atoms with Gasteiger partial charge in [-0.25, -0.2) is 4.39 Å². The summed E-state index contributed by atoms with van der Waals surface area (Å²) in [7, 11) is 0. The van der Waals surface area contributed by atoms with Crippen molar-refractivity contribution in [2.75, 3.05) is 11.1 Å². The van der Waals surface area contributed by atoms with E-state index in [0.717, 1.165) is 18.4 Å². The third kappa shape index (κ3) is 5.33. The highest BCUT2D eigenvalue weighted by molar-refractivity contribution is 8.00. The van der Waals surface area contributed by atoms with Crippen molar-refractivity contribution in [2.24, 2.45) is 0 Å². The maximum Gasteiger partial charge on any atom is 0.251 e. The van der Waals surface area contributed by atoms with E-state index < -0.39 is 0 Å². The average molecular weight is 372 g/mol. The van der Waals surface area contributed by atoms with Gasteiger partial charge in [0, 0.05) is 22.5 Å².